The quantitative estimate of drug-likeness (QED) is 0.228. The van der Waals surface area contributed by atoms with E-state index in [-0.39, 0.29) is 12.3 Å². The SMILES string of the molecule is C=CCn1c(CC(=O)Nc2ccc(OCC)cc2)nnc1SCCOc1ccc(OC)cc1. The number of carbonyl (C=O) groups excluding carboxylic acids is 1. The van der Waals surface area contributed by atoms with Crippen LogP contribution in [0.2, 0.25) is 0 Å². The zero-order chi connectivity index (χ0) is 23.5. The molecule has 1 aromatic heterocycles. The first-order valence-corrected chi connectivity index (χ1v) is 11.6. The van der Waals surface area contributed by atoms with Gasteiger partial charge in [-0.25, -0.2) is 0 Å². The minimum atomic E-state index is -0.170. The van der Waals surface area contributed by atoms with E-state index in [0.29, 0.717) is 37.0 Å². The molecule has 0 aliphatic carbocycles. The number of hydrogen-bond acceptors (Lipinski definition) is 7. The summed E-state index contributed by atoms with van der Waals surface area (Å²) in [5.41, 5.74) is 0.698. The molecule has 3 aromatic rings. The van der Waals surface area contributed by atoms with Crippen molar-refractivity contribution in [2.24, 2.45) is 0 Å². The number of nitrogens with one attached hydrogen (secondary N) is 1. The van der Waals surface area contributed by atoms with Gasteiger partial charge in [0, 0.05) is 18.0 Å². The number of ether oxygens (including phenoxy) is 3. The molecule has 2 aromatic carbocycles. The summed E-state index contributed by atoms with van der Waals surface area (Å²) in [4.78, 5) is 12.5. The third-order valence-corrected chi connectivity index (χ3v) is 5.45. The van der Waals surface area contributed by atoms with Crippen LogP contribution in [0.4, 0.5) is 5.69 Å². The van der Waals surface area contributed by atoms with Crippen molar-refractivity contribution in [1.29, 1.82) is 0 Å². The lowest BCUT2D eigenvalue weighted by Gasteiger charge is -2.10. The Labute approximate surface area is 198 Å². The summed E-state index contributed by atoms with van der Waals surface area (Å²) < 4.78 is 18.2. The van der Waals surface area contributed by atoms with Gasteiger partial charge in [-0.2, -0.15) is 0 Å². The molecule has 0 spiro atoms. The van der Waals surface area contributed by atoms with E-state index in [2.05, 4.69) is 22.1 Å². The van der Waals surface area contributed by atoms with Crippen molar-refractivity contribution in [3.8, 4) is 17.2 Å². The number of rotatable bonds is 13. The number of nitrogens with zero attached hydrogens (tertiary/aromatic N) is 3. The molecule has 0 saturated heterocycles. The Balaban J connectivity index is 1.53. The average molecular weight is 469 g/mol. The molecule has 0 unspecified atom stereocenters. The molecule has 0 bridgehead atoms. The van der Waals surface area contributed by atoms with Gasteiger partial charge in [0.05, 0.1) is 26.7 Å². The monoisotopic (exact) mass is 468 g/mol. The van der Waals surface area contributed by atoms with Crippen LogP contribution in [0.25, 0.3) is 0 Å². The highest BCUT2D eigenvalue weighted by Crippen LogP contribution is 2.21. The van der Waals surface area contributed by atoms with Gasteiger partial charge in [-0.15, -0.1) is 16.8 Å². The number of amides is 1. The number of carbonyl (C=O) groups is 1. The largest absolute Gasteiger partial charge is 0.497 e. The lowest BCUT2D eigenvalue weighted by molar-refractivity contribution is -0.115. The molecule has 1 N–H and O–H groups in total. The molecule has 1 heterocycles. The van der Waals surface area contributed by atoms with E-state index in [0.717, 1.165) is 22.4 Å². The standard InChI is InChI=1S/C24H28N4O4S/c1-4-14-28-22(17-23(29)25-18-6-8-20(9-7-18)31-5-2)26-27-24(28)33-16-15-32-21-12-10-19(30-3)11-13-21/h4,6-13H,1,5,14-17H2,2-3H3,(H,25,29). The molecule has 3 rings (SSSR count). The third-order valence-electron chi connectivity index (χ3n) is 4.52. The van der Waals surface area contributed by atoms with E-state index >= 15 is 0 Å². The van der Waals surface area contributed by atoms with Crippen LogP contribution in [-0.2, 0) is 17.8 Å². The summed E-state index contributed by atoms with van der Waals surface area (Å²) in [5.74, 6) is 3.41. The van der Waals surface area contributed by atoms with Crippen molar-refractivity contribution in [2.45, 2.75) is 25.0 Å². The summed E-state index contributed by atoms with van der Waals surface area (Å²) in [6.45, 7) is 7.35. The number of allylic oxidation sites excluding steroid dienone is 1. The molecule has 0 saturated carbocycles. The summed E-state index contributed by atoms with van der Waals surface area (Å²) in [6, 6.07) is 14.7. The third kappa shape index (κ3) is 7.28. The van der Waals surface area contributed by atoms with Crippen molar-refractivity contribution in [3.63, 3.8) is 0 Å². The Hall–Kier alpha value is -3.46. The van der Waals surface area contributed by atoms with Gasteiger partial charge in [0.15, 0.2) is 5.16 Å². The summed E-state index contributed by atoms with van der Waals surface area (Å²) >= 11 is 1.52. The number of methoxy groups -OCH3 is 1. The molecular weight excluding hydrogens is 440 g/mol. The first-order valence-electron chi connectivity index (χ1n) is 10.6. The molecule has 1 amide bonds. The summed E-state index contributed by atoms with van der Waals surface area (Å²) in [6.07, 6.45) is 1.87. The fourth-order valence-corrected chi connectivity index (χ4v) is 3.77. The van der Waals surface area contributed by atoms with Gasteiger partial charge in [0.2, 0.25) is 5.91 Å². The maximum atomic E-state index is 12.5. The van der Waals surface area contributed by atoms with Crippen LogP contribution >= 0.6 is 11.8 Å². The maximum Gasteiger partial charge on any atom is 0.232 e. The maximum absolute atomic E-state index is 12.5. The molecule has 0 atom stereocenters. The molecule has 0 aliphatic rings. The highest BCUT2D eigenvalue weighted by Gasteiger charge is 2.15. The van der Waals surface area contributed by atoms with Crippen LogP contribution in [0, 0.1) is 0 Å². The van der Waals surface area contributed by atoms with Gasteiger partial charge in [-0.1, -0.05) is 17.8 Å². The second-order valence-corrected chi connectivity index (χ2v) is 7.91. The van der Waals surface area contributed by atoms with Crippen LogP contribution in [0.1, 0.15) is 12.7 Å². The Morgan fingerprint density at radius 3 is 2.39 bits per heavy atom. The van der Waals surface area contributed by atoms with Crippen LogP contribution in [0.15, 0.2) is 66.3 Å². The Morgan fingerprint density at radius 2 is 1.73 bits per heavy atom. The van der Waals surface area contributed by atoms with E-state index in [4.69, 9.17) is 14.2 Å². The van der Waals surface area contributed by atoms with Gasteiger partial charge >= 0.3 is 0 Å². The highest BCUT2D eigenvalue weighted by atomic mass is 32.2. The molecule has 174 valence electrons. The van der Waals surface area contributed by atoms with Crippen LogP contribution in [0.5, 0.6) is 17.2 Å². The lowest BCUT2D eigenvalue weighted by atomic mass is 10.3. The molecular formula is C24H28N4O4S. The second-order valence-electron chi connectivity index (χ2n) is 6.85. The molecule has 0 aliphatic heterocycles. The van der Waals surface area contributed by atoms with Crippen LogP contribution in [-0.4, -0.2) is 46.7 Å². The Morgan fingerprint density at radius 1 is 1.06 bits per heavy atom. The van der Waals surface area contributed by atoms with Crippen molar-refractivity contribution >= 4 is 23.4 Å². The highest BCUT2D eigenvalue weighted by molar-refractivity contribution is 7.99. The van der Waals surface area contributed by atoms with E-state index in [1.54, 1.807) is 13.2 Å². The number of anilines is 1. The van der Waals surface area contributed by atoms with Gasteiger partial charge in [-0.3, -0.25) is 4.79 Å². The Kier molecular flexibility index (Phi) is 9.19. The zero-order valence-corrected chi connectivity index (χ0v) is 19.6. The van der Waals surface area contributed by atoms with Crippen molar-refractivity contribution < 1.29 is 19.0 Å². The molecule has 8 nitrogen and oxygen atoms in total. The minimum absolute atomic E-state index is 0.108. The number of benzene rings is 2. The number of hydrogen-bond donors (Lipinski definition) is 1. The zero-order valence-electron chi connectivity index (χ0n) is 18.8. The molecule has 0 radical (unpaired) electrons. The van der Waals surface area contributed by atoms with E-state index in [1.807, 2.05) is 60.0 Å². The van der Waals surface area contributed by atoms with Gasteiger partial charge in [0.25, 0.3) is 0 Å². The van der Waals surface area contributed by atoms with Crippen molar-refractivity contribution in [2.75, 3.05) is 31.4 Å². The predicted octanol–water partition coefficient (Wildman–Crippen LogP) is 4.22. The fourth-order valence-electron chi connectivity index (χ4n) is 2.98. The first-order chi connectivity index (χ1) is 16.1. The van der Waals surface area contributed by atoms with Gasteiger partial charge in [0.1, 0.15) is 23.1 Å². The average Bonchev–Trinajstić information content (AvgIpc) is 3.19. The van der Waals surface area contributed by atoms with Gasteiger partial charge in [-0.05, 0) is 55.5 Å². The Bertz CT molecular complexity index is 1040. The van der Waals surface area contributed by atoms with E-state index < -0.39 is 0 Å². The van der Waals surface area contributed by atoms with Crippen molar-refractivity contribution in [3.05, 3.63) is 67.0 Å². The molecule has 0 fully saturated rings. The lowest BCUT2D eigenvalue weighted by Crippen LogP contribution is -2.17. The molecule has 33 heavy (non-hydrogen) atoms. The first kappa shape index (κ1) is 24.2. The topological polar surface area (TPSA) is 87.5 Å². The normalized spacial score (nSPS) is 10.5. The number of thioether (sulfide) groups is 1. The fraction of sp³-hybridized carbons (Fsp3) is 0.292. The number of aromatic nitrogens is 3. The van der Waals surface area contributed by atoms with E-state index in [1.165, 1.54) is 11.8 Å². The minimum Gasteiger partial charge on any atom is -0.497 e. The van der Waals surface area contributed by atoms with Gasteiger partial charge < -0.3 is 24.1 Å². The van der Waals surface area contributed by atoms with E-state index in [9.17, 15) is 4.79 Å². The second kappa shape index (κ2) is 12.5. The smallest absolute Gasteiger partial charge is 0.232 e. The summed E-state index contributed by atoms with van der Waals surface area (Å²) in [5, 5.41) is 12.1. The summed E-state index contributed by atoms with van der Waals surface area (Å²) in [7, 11) is 1.63. The van der Waals surface area contributed by atoms with Crippen molar-refractivity contribution in [1.82, 2.24) is 14.8 Å². The predicted molar refractivity (Wildman–Crippen MR) is 129 cm³/mol. The molecule has 9 heteroatoms. The van der Waals surface area contributed by atoms with Crippen LogP contribution < -0.4 is 19.5 Å². The van der Waals surface area contributed by atoms with Crippen LogP contribution in [0.3, 0.4) is 0 Å².